The van der Waals surface area contributed by atoms with Crippen molar-refractivity contribution >= 4 is 23.2 Å². The third-order valence-electron chi connectivity index (χ3n) is 3.90. The zero-order valence-corrected chi connectivity index (χ0v) is 14.3. The van der Waals surface area contributed by atoms with E-state index >= 15 is 0 Å². The van der Waals surface area contributed by atoms with Gasteiger partial charge in [0.15, 0.2) is 0 Å². The van der Waals surface area contributed by atoms with E-state index in [-0.39, 0.29) is 5.91 Å². The molecule has 1 amide bonds. The molecule has 0 radical (unpaired) electrons. The molecule has 0 aliphatic carbocycles. The Morgan fingerprint density at radius 1 is 1.04 bits per heavy atom. The molecule has 0 aliphatic heterocycles. The first-order chi connectivity index (χ1) is 12.2. The Hall–Kier alpha value is -3.21. The number of benzene rings is 2. The minimum absolute atomic E-state index is 0.149. The Kier molecular flexibility index (Phi) is 5.04. The van der Waals surface area contributed by atoms with Gasteiger partial charge in [-0.1, -0.05) is 36.4 Å². The third-order valence-corrected chi connectivity index (χ3v) is 3.90. The average molecular weight is 332 g/mol. The molecule has 0 saturated carbocycles. The van der Waals surface area contributed by atoms with Gasteiger partial charge in [-0.2, -0.15) is 0 Å². The van der Waals surface area contributed by atoms with Gasteiger partial charge < -0.3 is 10.2 Å². The topological polar surface area (TPSA) is 58.1 Å². The Morgan fingerprint density at radius 3 is 2.48 bits per heavy atom. The van der Waals surface area contributed by atoms with Crippen LogP contribution >= 0.6 is 0 Å². The molecule has 0 aliphatic rings. The van der Waals surface area contributed by atoms with Crippen LogP contribution in [0.4, 0.5) is 17.3 Å². The average Bonchev–Trinajstić information content (AvgIpc) is 2.65. The molecule has 0 bridgehead atoms. The number of nitrogens with one attached hydrogen (secondary N) is 1. The summed E-state index contributed by atoms with van der Waals surface area (Å²) in [6, 6.07) is 19.1. The SMILES string of the molecule is CCN(C(=O)c1ccnc(Nc2ccccc2C)n1)c1ccccc1. The van der Waals surface area contributed by atoms with Crippen molar-refractivity contribution in [3.63, 3.8) is 0 Å². The summed E-state index contributed by atoms with van der Waals surface area (Å²) in [7, 11) is 0. The molecule has 3 rings (SSSR count). The lowest BCUT2D eigenvalue weighted by Gasteiger charge is -2.20. The monoisotopic (exact) mass is 332 g/mol. The van der Waals surface area contributed by atoms with Crippen LogP contribution in [0.2, 0.25) is 0 Å². The number of aryl methyl sites for hydroxylation is 1. The second-order valence-corrected chi connectivity index (χ2v) is 5.59. The van der Waals surface area contributed by atoms with E-state index in [4.69, 9.17) is 0 Å². The minimum Gasteiger partial charge on any atom is -0.324 e. The van der Waals surface area contributed by atoms with Gasteiger partial charge in [-0.15, -0.1) is 0 Å². The number of para-hydroxylation sites is 2. The summed E-state index contributed by atoms with van der Waals surface area (Å²) in [5.41, 5.74) is 3.21. The first kappa shape index (κ1) is 16.6. The number of anilines is 3. The molecule has 1 heterocycles. The summed E-state index contributed by atoms with van der Waals surface area (Å²) < 4.78 is 0. The van der Waals surface area contributed by atoms with Crippen LogP contribution in [0.15, 0.2) is 66.9 Å². The first-order valence-electron chi connectivity index (χ1n) is 8.21. The molecule has 1 N–H and O–H groups in total. The standard InChI is InChI=1S/C20H20N4O/c1-3-24(16-10-5-4-6-11-16)19(25)18-13-14-21-20(23-18)22-17-12-8-7-9-15(17)2/h4-14H,3H2,1-2H3,(H,21,22,23). The van der Waals surface area contributed by atoms with Gasteiger partial charge in [0.2, 0.25) is 5.95 Å². The van der Waals surface area contributed by atoms with Gasteiger partial charge in [-0.3, -0.25) is 4.79 Å². The van der Waals surface area contributed by atoms with Gasteiger partial charge in [0, 0.05) is 24.1 Å². The van der Waals surface area contributed by atoms with Crippen molar-refractivity contribution < 1.29 is 4.79 Å². The van der Waals surface area contributed by atoms with Gasteiger partial charge in [0.1, 0.15) is 5.69 Å². The van der Waals surface area contributed by atoms with Crippen molar-refractivity contribution in [1.29, 1.82) is 0 Å². The molecular formula is C20H20N4O. The largest absolute Gasteiger partial charge is 0.324 e. The highest BCUT2D eigenvalue weighted by Gasteiger charge is 2.18. The summed E-state index contributed by atoms with van der Waals surface area (Å²) in [6.07, 6.45) is 1.60. The second kappa shape index (κ2) is 7.57. The van der Waals surface area contributed by atoms with Crippen LogP contribution < -0.4 is 10.2 Å². The van der Waals surface area contributed by atoms with E-state index in [1.54, 1.807) is 17.2 Å². The van der Waals surface area contributed by atoms with Crippen LogP contribution in [0, 0.1) is 6.92 Å². The molecule has 2 aromatic carbocycles. The summed E-state index contributed by atoms with van der Waals surface area (Å²) in [5.74, 6) is 0.258. The summed E-state index contributed by atoms with van der Waals surface area (Å²) in [6.45, 7) is 4.51. The maximum absolute atomic E-state index is 12.9. The number of nitrogens with zero attached hydrogens (tertiary/aromatic N) is 3. The van der Waals surface area contributed by atoms with Crippen LogP contribution in [0.1, 0.15) is 23.0 Å². The normalized spacial score (nSPS) is 10.3. The van der Waals surface area contributed by atoms with Crippen LogP contribution in [-0.2, 0) is 0 Å². The van der Waals surface area contributed by atoms with Gasteiger partial charge in [0.25, 0.3) is 5.91 Å². The van der Waals surface area contributed by atoms with Crippen molar-refractivity contribution in [2.75, 3.05) is 16.8 Å². The van der Waals surface area contributed by atoms with Gasteiger partial charge >= 0.3 is 0 Å². The van der Waals surface area contributed by atoms with E-state index < -0.39 is 0 Å². The van der Waals surface area contributed by atoms with Crippen molar-refractivity contribution in [2.24, 2.45) is 0 Å². The number of rotatable bonds is 5. The zero-order chi connectivity index (χ0) is 17.6. The highest BCUT2D eigenvalue weighted by atomic mass is 16.2. The molecule has 0 saturated heterocycles. The molecule has 25 heavy (non-hydrogen) atoms. The van der Waals surface area contributed by atoms with E-state index in [2.05, 4.69) is 15.3 Å². The van der Waals surface area contributed by atoms with E-state index in [1.807, 2.05) is 68.4 Å². The van der Waals surface area contributed by atoms with E-state index in [9.17, 15) is 4.79 Å². The van der Waals surface area contributed by atoms with Crippen LogP contribution in [0.25, 0.3) is 0 Å². The van der Waals surface area contributed by atoms with Crippen LogP contribution in [-0.4, -0.2) is 22.4 Å². The first-order valence-corrected chi connectivity index (χ1v) is 8.21. The summed E-state index contributed by atoms with van der Waals surface area (Å²) >= 11 is 0. The highest BCUT2D eigenvalue weighted by Crippen LogP contribution is 2.19. The molecule has 0 atom stereocenters. The maximum atomic E-state index is 12.9. The van der Waals surface area contributed by atoms with Crippen molar-refractivity contribution in [2.45, 2.75) is 13.8 Å². The van der Waals surface area contributed by atoms with E-state index in [0.29, 0.717) is 18.2 Å². The molecule has 0 spiro atoms. The van der Waals surface area contributed by atoms with Crippen molar-refractivity contribution in [3.05, 3.63) is 78.1 Å². The number of aromatic nitrogens is 2. The molecule has 126 valence electrons. The zero-order valence-electron chi connectivity index (χ0n) is 14.3. The highest BCUT2D eigenvalue weighted by molar-refractivity contribution is 6.04. The molecular weight excluding hydrogens is 312 g/mol. The molecule has 1 aromatic heterocycles. The van der Waals surface area contributed by atoms with Gasteiger partial charge in [-0.25, -0.2) is 9.97 Å². The number of amides is 1. The number of carbonyl (C=O) groups is 1. The minimum atomic E-state index is -0.149. The third kappa shape index (κ3) is 3.83. The maximum Gasteiger partial charge on any atom is 0.277 e. The summed E-state index contributed by atoms with van der Waals surface area (Å²) in [5, 5.41) is 3.17. The fourth-order valence-corrected chi connectivity index (χ4v) is 2.56. The fraction of sp³-hybridized carbons (Fsp3) is 0.150. The predicted molar refractivity (Wildman–Crippen MR) is 100 cm³/mol. The van der Waals surface area contributed by atoms with Gasteiger partial charge in [-0.05, 0) is 43.7 Å². The Bertz CT molecular complexity index is 864. The lowest BCUT2D eigenvalue weighted by atomic mass is 10.2. The Morgan fingerprint density at radius 2 is 1.76 bits per heavy atom. The van der Waals surface area contributed by atoms with Crippen molar-refractivity contribution in [3.8, 4) is 0 Å². The second-order valence-electron chi connectivity index (χ2n) is 5.59. The lowest BCUT2D eigenvalue weighted by molar-refractivity contribution is 0.0983. The quantitative estimate of drug-likeness (QED) is 0.761. The predicted octanol–water partition coefficient (Wildman–Crippen LogP) is 4.20. The van der Waals surface area contributed by atoms with E-state index in [1.165, 1.54) is 0 Å². The fourth-order valence-electron chi connectivity index (χ4n) is 2.56. The molecule has 0 fully saturated rings. The number of hydrogen-bond acceptors (Lipinski definition) is 4. The number of hydrogen-bond donors (Lipinski definition) is 1. The molecule has 0 unspecified atom stereocenters. The van der Waals surface area contributed by atoms with Gasteiger partial charge in [0.05, 0.1) is 0 Å². The van der Waals surface area contributed by atoms with Crippen molar-refractivity contribution in [1.82, 2.24) is 9.97 Å². The Balaban J connectivity index is 1.85. The molecule has 5 nitrogen and oxygen atoms in total. The number of carbonyl (C=O) groups excluding carboxylic acids is 1. The van der Waals surface area contributed by atoms with Crippen LogP contribution in [0.5, 0.6) is 0 Å². The van der Waals surface area contributed by atoms with E-state index in [0.717, 1.165) is 16.9 Å². The van der Waals surface area contributed by atoms with Crippen LogP contribution in [0.3, 0.4) is 0 Å². The molecule has 5 heteroatoms. The summed E-state index contributed by atoms with van der Waals surface area (Å²) in [4.78, 5) is 23.2. The lowest BCUT2D eigenvalue weighted by Crippen LogP contribution is -2.31. The molecule has 3 aromatic rings. The smallest absolute Gasteiger partial charge is 0.277 e. The Labute approximate surface area is 147 Å².